The summed E-state index contributed by atoms with van der Waals surface area (Å²) in [5, 5.41) is 11.0. The highest BCUT2D eigenvalue weighted by Crippen LogP contribution is 2.25. The highest BCUT2D eigenvalue weighted by molar-refractivity contribution is 5.97. The van der Waals surface area contributed by atoms with Crippen LogP contribution in [-0.2, 0) is 24.1 Å². The third-order valence-corrected chi connectivity index (χ3v) is 6.73. The Labute approximate surface area is 225 Å². The van der Waals surface area contributed by atoms with Crippen molar-refractivity contribution in [1.82, 2.24) is 9.80 Å². The number of hydrogen-bond donors (Lipinski definition) is 1. The first-order valence-corrected chi connectivity index (χ1v) is 13.3. The monoisotopic (exact) mass is 514 g/mol. The van der Waals surface area contributed by atoms with E-state index in [-0.39, 0.29) is 24.9 Å². The first kappa shape index (κ1) is 27.6. The molecule has 0 saturated heterocycles. The molecule has 1 amide bonds. The zero-order chi connectivity index (χ0) is 27.1. The average molecular weight is 515 g/mol. The van der Waals surface area contributed by atoms with Gasteiger partial charge in [0.1, 0.15) is 5.60 Å². The Kier molecular flexibility index (Phi) is 8.97. The van der Waals surface area contributed by atoms with Gasteiger partial charge in [-0.1, -0.05) is 84.9 Å². The normalized spacial score (nSPS) is 16.4. The Hall–Kier alpha value is -3.48. The maximum Gasteiger partial charge on any atom is 0.410 e. The molecule has 4 rings (SSSR count). The lowest BCUT2D eigenvalue weighted by Crippen LogP contribution is -2.52. The molecule has 0 radical (unpaired) electrons. The Bertz CT molecular complexity index is 1210. The number of hydrogen-bond acceptors (Lipinski definition) is 5. The first-order valence-electron chi connectivity index (χ1n) is 13.3. The number of rotatable bonds is 9. The lowest BCUT2D eigenvalue weighted by atomic mass is 9.93. The summed E-state index contributed by atoms with van der Waals surface area (Å²) in [7, 11) is 0. The summed E-state index contributed by atoms with van der Waals surface area (Å²) in [6, 6.07) is 27.2. The van der Waals surface area contributed by atoms with Crippen molar-refractivity contribution in [3.05, 3.63) is 107 Å². The second-order valence-corrected chi connectivity index (χ2v) is 11.0. The Morgan fingerprint density at radius 1 is 0.947 bits per heavy atom. The fourth-order valence-electron chi connectivity index (χ4n) is 4.92. The van der Waals surface area contributed by atoms with Gasteiger partial charge in [0.05, 0.1) is 19.2 Å². The number of ketones is 1. The maximum absolute atomic E-state index is 13.3. The van der Waals surface area contributed by atoms with Crippen molar-refractivity contribution in [3.8, 4) is 0 Å². The van der Waals surface area contributed by atoms with Crippen molar-refractivity contribution in [2.24, 2.45) is 0 Å². The van der Waals surface area contributed by atoms with E-state index < -0.39 is 17.8 Å². The number of fused-ring (bicyclic) bond motifs is 1. The molecule has 38 heavy (non-hydrogen) atoms. The number of aliphatic hydroxyl groups is 1. The zero-order valence-corrected chi connectivity index (χ0v) is 22.5. The SMILES string of the molecule is CC(C)(C)OC(=O)N(CC(O)Cc1ccccc1)C[C@H]1Cc2ccccc2CN1CC(=O)c1ccccc1. The van der Waals surface area contributed by atoms with E-state index in [2.05, 4.69) is 17.0 Å². The quantitative estimate of drug-likeness (QED) is 0.401. The van der Waals surface area contributed by atoms with Gasteiger partial charge in [0.15, 0.2) is 5.78 Å². The molecular weight excluding hydrogens is 476 g/mol. The zero-order valence-electron chi connectivity index (χ0n) is 22.5. The summed E-state index contributed by atoms with van der Waals surface area (Å²) in [6.07, 6.45) is -0.0751. The van der Waals surface area contributed by atoms with E-state index in [9.17, 15) is 14.7 Å². The van der Waals surface area contributed by atoms with Gasteiger partial charge in [0, 0.05) is 31.1 Å². The smallest absolute Gasteiger partial charge is 0.410 e. The number of Topliss-reactive ketones (excluding diaryl/α,β-unsaturated/α-hetero) is 1. The van der Waals surface area contributed by atoms with Crippen molar-refractivity contribution < 1.29 is 19.4 Å². The van der Waals surface area contributed by atoms with Crippen LogP contribution < -0.4 is 0 Å². The summed E-state index contributed by atoms with van der Waals surface area (Å²) in [6.45, 7) is 6.87. The van der Waals surface area contributed by atoms with E-state index in [0.717, 1.165) is 5.56 Å². The van der Waals surface area contributed by atoms with Gasteiger partial charge in [-0.25, -0.2) is 4.79 Å². The summed E-state index contributed by atoms with van der Waals surface area (Å²) in [4.78, 5) is 30.3. The molecule has 0 spiro atoms. The van der Waals surface area contributed by atoms with E-state index >= 15 is 0 Å². The molecule has 0 bridgehead atoms. The molecule has 6 nitrogen and oxygen atoms in total. The van der Waals surface area contributed by atoms with Gasteiger partial charge in [0.2, 0.25) is 0 Å². The number of aliphatic hydroxyl groups excluding tert-OH is 1. The van der Waals surface area contributed by atoms with Crippen LogP contribution in [0.1, 0.15) is 47.8 Å². The van der Waals surface area contributed by atoms with E-state index in [4.69, 9.17) is 4.74 Å². The molecule has 3 aromatic carbocycles. The average Bonchev–Trinajstić information content (AvgIpc) is 2.88. The fourth-order valence-corrected chi connectivity index (χ4v) is 4.92. The van der Waals surface area contributed by atoms with Crippen LogP contribution in [0.4, 0.5) is 4.79 Å². The predicted molar refractivity (Wildman–Crippen MR) is 149 cm³/mol. The van der Waals surface area contributed by atoms with Gasteiger partial charge >= 0.3 is 6.09 Å². The highest BCUT2D eigenvalue weighted by Gasteiger charge is 2.33. The van der Waals surface area contributed by atoms with Crippen molar-refractivity contribution in [2.75, 3.05) is 19.6 Å². The third kappa shape index (κ3) is 7.76. The number of amides is 1. The second kappa shape index (κ2) is 12.4. The number of ether oxygens (including phenoxy) is 1. The minimum absolute atomic E-state index is 0.0444. The number of benzene rings is 3. The van der Waals surface area contributed by atoms with Crippen molar-refractivity contribution in [2.45, 2.75) is 57.9 Å². The molecule has 1 aliphatic rings. The standard InChI is InChI=1S/C32H38N2O4/c1-32(2,3)38-31(37)34(22-29(35)18-24-12-6-4-7-13-24)21-28-19-26-16-10-11-17-27(26)20-33(28)23-30(36)25-14-8-5-9-15-25/h4-17,28-29,35H,18-23H2,1-3H3/t28-,29?/m1/s1. The fraction of sp³-hybridized carbons (Fsp3) is 0.375. The Morgan fingerprint density at radius 3 is 2.21 bits per heavy atom. The van der Waals surface area contributed by atoms with E-state index in [1.807, 2.05) is 93.6 Å². The molecule has 2 atom stereocenters. The summed E-state index contributed by atoms with van der Waals surface area (Å²) >= 11 is 0. The molecular formula is C32H38N2O4. The maximum atomic E-state index is 13.3. The molecule has 1 unspecified atom stereocenters. The summed E-state index contributed by atoms with van der Waals surface area (Å²) in [5.74, 6) is 0.0444. The molecule has 0 aromatic heterocycles. The topological polar surface area (TPSA) is 70.1 Å². The van der Waals surface area contributed by atoms with Gasteiger partial charge < -0.3 is 14.7 Å². The van der Waals surface area contributed by atoms with E-state index in [0.29, 0.717) is 31.5 Å². The summed E-state index contributed by atoms with van der Waals surface area (Å²) < 4.78 is 5.74. The van der Waals surface area contributed by atoms with Gasteiger partial charge in [-0.2, -0.15) is 0 Å². The molecule has 3 aromatic rings. The highest BCUT2D eigenvalue weighted by atomic mass is 16.6. The van der Waals surface area contributed by atoms with Gasteiger partial charge in [0.25, 0.3) is 0 Å². The number of carbonyl (C=O) groups excluding carboxylic acids is 2. The van der Waals surface area contributed by atoms with Crippen LogP contribution in [0.3, 0.4) is 0 Å². The molecule has 1 aliphatic heterocycles. The van der Waals surface area contributed by atoms with E-state index in [1.165, 1.54) is 11.1 Å². The van der Waals surface area contributed by atoms with Crippen LogP contribution in [0.15, 0.2) is 84.9 Å². The molecule has 0 saturated carbocycles. The van der Waals surface area contributed by atoms with Crippen molar-refractivity contribution >= 4 is 11.9 Å². The van der Waals surface area contributed by atoms with Crippen LogP contribution in [-0.4, -0.2) is 64.2 Å². The van der Waals surface area contributed by atoms with Gasteiger partial charge in [-0.05, 0) is 43.9 Å². The van der Waals surface area contributed by atoms with E-state index in [1.54, 1.807) is 4.90 Å². The minimum Gasteiger partial charge on any atom is -0.444 e. The molecule has 200 valence electrons. The van der Waals surface area contributed by atoms with Crippen molar-refractivity contribution in [1.29, 1.82) is 0 Å². The third-order valence-electron chi connectivity index (χ3n) is 6.73. The molecule has 0 aliphatic carbocycles. The van der Waals surface area contributed by atoms with Crippen LogP contribution in [0.5, 0.6) is 0 Å². The second-order valence-electron chi connectivity index (χ2n) is 11.0. The van der Waals surface area contributed by atoms with Gasteiger partial charge in [-0.3, -0.25) is 9.69 Å². The van der Waals surface area contributed by atoms with Crippen LogP contribution in [0.25, 0.3) is 0 Å². The Balaban J connectivity index is 1.55. The molecule has 1 N–H and O–H groups in total. The van der Waals surface area contributed by atoms with Crippen LogP contribution >= 0.6 is 0 Å². The van der Waals surface area contributed by atoms with Crippen LogP contribution in [0, 0.1) is 0 Å². The minimum atomic E-state index is -0.750. The Morgan fingerprint density at radius 2 is 1.55 bits per heavy atom. The van der Waals surface area contributed by atoms with Gasteiger partial charge in [-0.15, -0.1) is 0 Å². The largest absolute Gasteiger partial charge is 0.444 e. The molecule has 1 heterocycles. The molecule has 6 heteroatoms. The van der Waals surface area contributed by atoms with Crippen LogP contribution in [0.2, 0.25) is 0 Å². The molecule has 0 fully saturated rings. The van der Waals surface area contributed by atoms with Crippen molar-refractivity contribution in [3.63, 3.8) is 0 Å². The predicted octanol–water partition coefficient (Wildman–Crippen LogP) is 5.14. The lowest BCUT2D eigenvalue weighted by Gasteiger charge is -2.40. The number of carbonyl (C=O) groups is 2. The lowest BCUT2D eigenvalue weighted by molar-refractivity contribution is 0.00643. The number of nitrogens with zero attached hydrogens (tertiary/aromatic N) is 2. The first-order chi connectivity index (χ1) is 18.2. The summed E-state index contributed by atoms with van der Waals surface area (Å²) in [5.41, 5.74) is 3.42.